The molecule has 0 amide bonds. The summed E-state index contributed by atoms with van der Waals surface area (Å²) in [6, 6.07) is 0.501. The monoisotopic (exact) mass is 470 g/mol. The minimum absolute atomic E-state index is 0. The molecule has 0 bridgehead atoms. The van der Waals surface area contributed by atoms with Crippen molar-refractivity contribution in [3.63, 3.8) is 0 Å². The van der Waals surface area contributed by atoms with E-state index in [0.717, 1.165) is 77.8 Å². The zero-order chi connectivity index (χ0) is 17.6. The number of ether oxygens (including phenoxy) is 2. The van der Waals surface area contributed by atoms with Crippen LogP contribution in [0.5, 0.6) is 0 Å². The van der Waals surface area contributed by atoms with Crippen LogP contribution in [0.3, 0.4) is 0 Å². The molecule has 0 radical (unpaired) electrons. The summed E-state index contributed by atoms with van der Waals surface area (Å²) in [6.45, 7) is 14.1. The van der Waals surface area contributed by atoms with E-state index in [1.807, 2.05) is 7.05 Å². The van der Waals surface area contributed by atoms with Gasteiger partial charge in [-0.05, 0) is 45.2 Å². The van der Waals surface area contributed by atoms with E-state index in [0.29, 0.717) is 12.0 Å². The van der Waals surface area contributed by atoms with E-state index >= 15 is 0 Å². The lowest BCUT2D eigenvalue weighted by molar-refractivity contribution is 0.0203. The maximum atomic E-state index is 5.78. The van der Waals surface area contributed by atoms with Gasteiger partial charge in [0, 0.05) is 52.6 Å². The highest BCUT2D eigenvalue weighted by Crippen LogP contribution is 2.14. The summed E-state index contributed by atoms with van der Waals surface area (Å²) in [5.41, 5.74) is 0. The second-order valence-corrected chi connectivity index (χ2v) is 6.43. The normalized spacial score (nSPS) is 17.2. The Kier molecular flexibility index (Phi) is 16.0. The lowest BCUT2D eigenvalue weighted by atomic mass is 10.0. The smallest absolute Gasteiger partial charge is 0.191 e. The lowest BCUT2D eigenvalue weighted by Gasteiger charge is -2.27. The van der Waals surface area contributed by atoms with Gasteiger partial charge in [0.15, 0.2) is 5.96 Å². The summed E-state index contributed by atoms with van der Waals surface area (Å²) in [6.07, 6.45) is 3.27. The third kappa shape index (κ3) is 11.2. The number of nitrogens with one attached hydrogen (secondary N) is 2. The summed E-state index contributed by atoms with van der Waals surface area (Å²) in [5.74, 6) is 1.56. The van der Waals surface area contributed by atoms with Crippen LogP contribution in [-0.4, -0.2) is 76.6 Å². The van der Waals surface area contributed by atoms with Crippen LogP contribution < -0.4 is 10.6 Å². The number of halogens is 1. The summed E-state index contributed by atoms with van der Waals surface area (Å²) < 4.78 is 11.1. The fourth-order valence-electron chi connectivity index (χ4n) is 2.99. The molecule has 1 heterocycles. The number of rotatable bonds is 11. The first-order valence-corrected chi connectivity index (χ1v) is 9.55. The first kappa shape index (κ1) is 24.9. The van der Waals surface area contributed by atoms with Crippen LogP contribution in [0.25, 0.3) is 0 Å². The van der Waals surface area contributed by atoms with Crippen molar-refractivity contribution >= 4 is 29.9 Å². The fraction of sp³-hybridized carbons (Fsp3) is 0.944. The molecule has 1 aliphatic heterocycles. The molecule has 0 spiro atoms. The van der Waals surface area contributed by atoms with E-state index in [4.69, 9.17) is 9.47 Å². The van der Waals surface area contributed by atoms with Crippen LogP contribution in [0.1, 0.15) is 40.0 Å². The number of guanidine groups is 1. The van der Waals surface area contributed by atoms with E-state index in [2.05, 4.69) is 41.3 Å². The molecule has 1 aliphatic rings. The van der Waals surface area contributed by atoms with E-state index in [-0.39, 0.29) is 24.0 Å². The molecule has 6 nitrogen and oxygen atoms in total. The Morgan fingerprint density at radius 3 is 2.52 bits per heavy atom. The molecule has 150 valence electrons. The second kappa shape index (κ2) is 16.1. The quantitative estimate of drug-likeness (QED) is 0.210. The summed E-state index contributed by atoms with van der Waals surface area (Å²) in [7, 11) is 1.82. The molecule has 0 aromatic carbocycles. The Hall–Kier alpha value is -0.120. The molecule has 1 rings (SSSR count). The van der Waals surface area contributed by atoms with Crippen LogP contribution >= 0.6 is 24.0 Å². The van der Waals surface area contributed by atoms with Crippen molar-refractivity contribution in [1.82, 2.24) is 15.5 Å². The Labute approximate surface area is 171 Å². The molecule has 1 saturated heterocycles. The van der Waals surface area contributed by atoms with Crippen LogP contribution in [0.2, 0.25) is 0 Å². The van der Waals surface area contributed by atoms with Gasteiger partial charge in [0.25, 0.3) is 0 Å². The molecule has 1 atom stereocenters. The molecule has 1 unspecified atom stereocenters. The highest BCUT2D eigenvalue weighted by Gasteiger charge is 2.13. The van der Waals surface area contributed by atoms with Crippen molar-refractivity contribution in [1.29, 1.82) is 0 Å². The predicted octanol–water partition coefficient (Wildman–Crippen LogP) is 2.33. The van der Waals surface area contributed by atoms with E-state index < -0.39 is 0 Å². The van der Waals surface area contributed by atoms with Gasteiger partial charge in [-0.15, -0.1) is 24.0 Å². The van der Waals surface area contributed by atoms with Gasteiger partial charge < -0.3 is 20.1 Å². The largest absolute Gasteiger partial charge is 0.381 e. The van der Waals surface area contributed by atoms with Crippen molar-refractivity contribution in [3.8, 4) is 0 Å². The molecule has 2 N–H and O–H groups in total. The third-order valence-corrected chi connectivity index (χ3v) is 4.68. The molecule has 1 fully saturated rings. The average molecular weight is 470 g/mol. The Balaban J connectivity index is 0.00000576. The first-order chi connectivity index (χ1) is 11.7. The lowest BCUT2D eigenvalue weighted by Crippen LogP contribution is -2.46. The topological polar surface area (TPSA) is 58.1 Å². The molecular formula is C18H39IN4O2. The van der Waals surface area contributed by atoms with Crippen molar-refractivity contribution < 1.29 is 9.47 Å². The van der Waals surface area contributed by atoms with E-state index in [1.54, 1.807) is 0 Å². The van der Waals surface area contributed by atoms with Gasteiger partial charge in [-0.1, -0.05) is 13.8 Å². The number of hydrogen-bond donors (Lipinski definition) is 2. The number of hydrogen-bond acceptors (Lipinski definition) is 4. The van der Waals surface area contributed by atoms with Gasteiger partial charge in [0.05, 0.1) is 0 Å². The van der Waals surface area contributed by atoms with Crippen LogP contribution in [0, 0.1) is 5.92 Å². The minimum Gasteiger partial charge on any atom is -0.381 e. The summed E-state index contributed by atoms with van der Waals surface area (Å²) in [5, 5.41) is 6.76. The predicted molar refractivity (Wildman–Crippen MR) is 116 cm³/mol. The van der Waals surface area contributed by atoms with Gasteiger partial charge in [-0.25, -0.2) is 0 Å². The average Bonchev–Trinajstić information content (AvgIpc) is 2.62. The van der Waals surface area contributed by atoms with Gasteiger partial charge >= 0.3 is 0 Å². The zero-order valence-electron chi connectivity index (χ0n) is 16.6. The molecule has 0 aromatic heterocycles. The SMILES string of the molecule is CCN(CC)C(C)CNC(=NC)NCCCOCC1CCOCC1.I. The van der Waals surface area contributed by atoms with Crippen LogP contribution in [0.15, 0.2) is 4.99 Å². The van der Waals surface area contributed by atoms with Crippen molar-refractivity contribution in [3.05, 3.63) is 0 Å². The molecule has 7 heteroatoms. The van der Waals surface area contributed by atoms with Crippen molar-refractivity contribution in [2.45, 2.75) is 46.1 Å². The molecule has 0 saturated carbocycles. The zero-order valence-corrected chi connectivity index (χ0v) is 18.9. The third-order valence-electron chi connectivity index (χ3n) is 4.68. The summed E-state index contributed by atoms with van der Waals surface area (Å²) in [4.78, 5) is 6.72. The van der Waals surface area contributed by atoms with Gasteiger partial charge in [-0.2, -0.15) is 0 Å². The molecule has 0 aromatic rings. The van der Waals surface area contributed by atoms with Crippen molar-refractivity contribution in [2.24, 2.45) is 10.9 Å². The van der Waals surface area contributed by atoms with E-state index in [9.17, 15) is 0 Å². The Morgan fingerprint density at radius 1 is 1.24 bits per heavy atom. The second-order valence-electron chi connectivity index (χ2n) is 6.43. The molecule has 0 aliphatic carbocycles. The number of likely N-dealkylation sites (N-methyl/N-ethyl adjacent to an activating group) is 1. The minimum atomic E-state index is 0. The standard InChI is InChI=1S/C18H38N4O2.HI/c1-5-22(6-2)16(3)14-21-18(19-4)20-10-7-11-24-15-17-8-12-23-13-9-17;/h16-17H,5-15H2,1-4H3,(H2,19,20,21);1H. The van der Waals surface area contributed by atoms with Gasteiger partial charge in [0.1, 0.15) is 0 Å². The van der Waals surface area contributed by atoms with Crippen LogP contribution in [-0.2, 0) is 9.47 Å². The van der Waals surface area contributed by atoms with Gasteiger partial charge in [0.2, 0.25) is 0 Å². The number of aliphatic imine (C=N–C) groups is 1. The van der Waals surface area contributed by atoms with Gasteiger partial charge in [-0.3, -0.25) is 9.89 Å². The van der Waals surface area contributed by atoms with Crippen molar-refractivity contribution in [2.75, 3.05) is 59.7 Å². The Bertz CT molecular complexity index is 335. The van der Waals surface area contributed by atoms with E-state index in [1.165, 1.54) is 0 Å². The number of nitrogens with zero attached hydrogens (tertiary/aromatic N) is 2. The highest BCUT2D eigenvalue weighted by atomic mass is 127. The summed E-state index contributed by atoms with van der Waals surface area (Å²) >= 11 is 0. The highest BCUT2D eigenvalue weighted by molar-refractivity contribution is 14.0. The molecule has 25 heavy (non-hydrogen) atoms. The Morgan fingerprint density at radius 2 is 1.92 bits per heavy atom. The maximum absolute atomic E-state index is 5.78. The van der Waals surface area contributed by atoms with Crippen LogP contribution in [0.4, 0.5) is 0 Å². The maximum Gasteiger partial charge on any atom is 0.191 e. The fourth-order valence-corrected chi connectivity index (χ4v) is 2.99. The first-order valence-electron chi connectivity index (χ1n) is 9.55. The molecular weight excluding hydrogens is 431 g/mol.